The fourth-order valence-electron chi connectivity index (χ4n) is 1.23. The van der Waals surface area contributed by atoms with Gasteiger partial charge in [-0.25, -0.2) is 4.79 Å². The Morgan fingerprint density at radius 2 is 1.87 bits per heavy atom. The number of hydrogen-bond acceptors (Lipinski definition) is 2. The highest BCUT2D eigenvalue weighted by molar-refractivity contribution is 5.74. The highest BCUT2D eigenvalue weighted by Gasteiger charge is 2.21. The van der Waals surface area contributed by atoms with Crippen LogP contribution in [-0.4, -0.2) is 55.3 Å². The van der Waals surface area contributed by atoms with Crippen LogP contribution in [0, 0.1) is 0 Å². The molecule has 0 aliphatic carbocycles. The molecule has 7 heteroatoms. The van der Waals surface area contributed by atoms with Crippen molar-refractivity contribution >= 4 is 12.0 Å². The largest absolute Gasteiger partial charge is 1.00 e. The van der Waals surface area contributed by atoms with E-state index in [4.69, 9.17) is 10.8 Å². The minimum absolute atomic E-state index is 0. The van der Waals surface area contributed by atoms with Gasteiger partial charge in [0.15, 0.2) is 0 Å². The van der Waals surface area contributed by atoms with E-state index in [9.17, 15) is 9.59 Å². The molecule has 0 spiro atoms. The van der Waals surface area contributed by atoms with Gasteiger partial charge in [-0.2, -0.15) is 0 Å². The number of primary amides is 1. The fourth-order valence-corrected chi connectivity index (χ4v) is 1.23. The Kier molecular flexibility index (Phi) is 7.08. The lowest BCUT2D eigenvalue weighted by atomic mass is 10.2. The van der Waals surface area contributed by atoms with Crippen molar-refractivity contribution in [3.63, 3.8) is 0 Å². The number of likely N-dealkylation sites (N-methyl/N-ethyl adjacent to an activating group) is 1. The zero-order valence-electron chi connectivity index (χ0n) is 9.16. The Labute approximate surface area is 95.4 Å². The number of aliphatic carboxylic acids is 1. The van der Waals surface area contributed by atoms with Gasteiger partial charge >= 0.3 is 12.0 Å². The van der Waals surface area contributed by atoms with Gasteiger partial charge in [0.2, 0.25) is 0 Å². The van der Waals surface area contributed by atoms with Crippen molar-refractivity contribution in [2.75, 3.05) is 27.7 Å². The molecule has 2 amide bonds. The van der Waals surface area contributed by atoms with Crippen molar-refractivity contribution < 1.29 is 31.6 Å². The summed E-state index contributed by atoms with van der Waals surface area (Å²) in [6.45, 7) is 0.523. The smallest absolute Gasteiger partial charge is 0.312 e. The number of quaternary nitrogens is 1. The van der Waals surface area contributed by atoms with Crippen LogP contribution in [0.15, 0.2) is 0 Å². The standard InChI is InChI=1S/C8H17N3O3.ClH/c1-11(2,3)5-6(4-7(12)13)10-8(9)14;/h6H,4-5H2,1-3H3,(H3-,9,10,12,13,14);1H. The summed E-state index contributed by atoms with van der Waals surface area (Å²) in [6, 6.07) is -1.12. The van der Waals surface area contributed by atoms with E-state index in [0.717, 1.165) is 0 Å². The van der Waals surface area contributed by atoms with Gasteiger partial charge in [-0.1, -0.05) is 0 Å². The third-order valence-corrected chi connectivity index (χ3v) is 1.54. The zero-order valence-corrected chi connectivity index (χ0v) is 9.91. The van der Waals surface area contributed by atoms with Gasteiger partial charge in [0, 0.05) is 0 Å². The molecule has 0 aromatic heterocycles. The number of nitrogens with two attached hydrogens (primary N) is 1. The van der Waals surface area contributed by atoms with Crippen molar-refractivity contribution in [2.45, 2.75) is 12.5 Å². The molecule has 0 bridgehead atoms. The lowest BCUT2D eigenvalue weighted by Crippen LogP contribution is -3.00. The fraction of sp³-hybridized carbons (Fsp3) is 0.750. The van der Waals surface area contributed by atoms with Crippen LogP contribution in [0.25, 0.3) is 0 Å². The molecule has 0 saturated heterocycles. The molecule has 0 aliphatic rings. The van der Waals surface area contributed by atoms with E-state index in [0.29, 0.717) is 11.0 Å². The SMILES string of the molecule is C[N+](C)(C)CC(CC(=O)O)NC(N)=O.[Cl-]. The Hall–Kier alpha value is -1.01. The molecule has 15 heavy (non-hydrogen) atoms. The van der Waals surface area contributed by atoms with E-state index in [-0.39, 0.29) is 18.8 Å². The van der Waals surface area contributed by atoms with Crippen LogP contribution < -0.4 is 23.5 Å². The lowest BCUT2D eigenvalue weighted by Gasteiger charge is -2.28. The predicted octanol–water partition coefficient (Wildman–Crippen LogP) is -3.79. The van der Waals surface area contributed by atoms with E-state index >= 15 is 0 Å². The number of carbonyl (C=O) groups excluding carboxylic acids is 1. The normalized spacial score (nSPS) is 12.5. The average Bonchev–Trinajstić information content (AvgIpc) is 1.77. The van der Waals surface area contributed by atoms with E-state index < -0.39 is 18.0 Å². The second-order valence-electron chi connectivity index (χ2n) is 4.28. The monoisotopic (exact) mass is 239 g/mol. The van der Waals surface area contributed by atoms with E-state index in [1.807, 2.05) is 21.1 Å². The third kappa shape index (κ3) is 10.9. The van der Waals surface area contributed by atoms with E-state index in [1.165, 1.54) is 0 Å². The Morgan fingerprint density at radius 1 is 1.40 bits per heavy atom. The van der Waals surface area contributed by atoms with Crippen LogP contribution in [0.3, 0.4) is 0 Å². The summed E-state index contributed by atoms with van der Waals surface area (Å²) < 4.78 is 0.568. The number of carboxylic acids is 1. The molecular weight excluding hydrogens is 222 g/mol. The van der Waals surface area contributed by atoms with Crippen LogP contribution in [0.2, 0.25) is 0 Å². The summed E-state index contributed by atoms with van der Waals surface area (Å²) in [5.41, 5.74) is 4.94. The molecular formula is C8H18ClN3O3. The van der Waals surface area contributed by atoms with E-state index in [1.54, 1.807) is 0 Å². The number of urea groups is 1. The summed E-state index contributed by atoms with van der Waals surface area (Å²) in [5, 5.41) is 11.0. The second kappa shape index (κ2) is 6.47. The molecule has 90 valence electrons. The molecule has 0 heterocycles. The molecule has 0 rings (SSSR count). The van der Waals surface area contributed by atoms with Crippen molar-refractivity contribution in [3.05, 3.63) is 0 Å². The molecule has 1 atom stereocenters. The average molecular weight is 240 g/mol. The highest BCUT2D eigenvalue weighted by atomic mass is 35.5. The van der Waals surface area contributed by atoms with Gasteiger partial charge < -0.3 is 33.0 Å². The first kappa shape index (κ1) is 16.4. The summed E-state index contributed by atoms with van der Waals surface area (Å²) >= 11 is 0. The van der Waals surface area contributed by atoms with Gasteiger partial charge in [-0.05, 0) is 0 Å². The lowest BCUT2D eigenvalue weighted by molar-refractivity contribution is -0.871. The quantitative estimate of drug-likeness (QED) is 0.430. The van der Waals surface area contributed by atoms with Crippen molar-refractivity contribution in [2.24, 2.45) is 5.73 Å². The maximum Gasteiger partial charge on any atom is 0.312 e. The minimum Gasteiger partial charge on any atom is -1.00 e. The first-order chi connectivity index (χ1) is 6.20. The number of nitrogens with zero attached hydrogens (tertiary/aromatic N) is 1. The van der Waals surface area contributed by atoms with Gasteiger partial charge in [-0.15, -0.1) is 0 Å². The summed E-state index contributed by atoms with van der Waals surface area (Å²) in [7, 11) is 5.74. The first-order valence-corrected chi connectivity index (χ1v) is 4.29. The molecule has 0 aromatic rings. The topological polar surface area (TPSA) is 92.4 Å². The Morgan fingerprint density at radius 3 is 2.13 bits per heavy atom. The summed E-state index contributed by atoms with van der Waals surface area (Å²) in [5.74, 6) is -0.947. The summed E-state index contributed by atoms with van der Waals surface area (Å²) in [4.78, 5) is 21.1. The van der Waals surface area contributed by atoms with Gasteiger partial charge in [-0.3, -0.25) is 4.79 Å². The Balaban J connectivity index is 0. The van der Waals surface area contributed by atoms with Crippen LogP contribution in [0.4, 0.5) is 4.79 Å². The van der Waals surface area contributed by atoms with Crippen LogP contribution >= 0.6 is 0 Å². The molecule has 4 N–H and O–H groups in total. The van der Waals surface area contributed by atoms with Gasteiger partial charge in [0.25, 0.3) is 0 Å². The van der Waals surface area contributed by atoms with Crippen molar-refractivity contribution in [3.8, 4) is 0 Å². The Bertz CT molecular complexity index is 212. The van der Waals surface area contributed by atoms with Gasteiger partial charge in [0.1, 0.15) is 0 Å². The molecule has 1 unspecified atom stereocenters. The number of carboxylic acid groups (broad SMARTS) is 1. The predicted molar refractivity (Wildman–Crippen MR) is 51.7 cm³/mol. The van der Waals surface area contributed by atoms with Crippen LogP contribution in [-0.2, 0) is 4.79 Å². The molecule has 6 nitrogen and oxygen atoms in total. The first-order valence-electron chi connectivity index (χ1n) is 4.29. The van der Waals surface area contributed by atoms with Gasteiger partial charge in [0.05, 0.1) is 40.2 Å². The molecule has 0 radical (unpaired) electrons. The van der Waals surface area contributed by atoms with Crippen molar-refractivity contribution in [1.29, 1.82) is 0 Å². The summed E-state index contributed by atoms with van der Waals surface area (Å²) in [6.07, 6.45) is -0.113. The molecule has 0 saturated carbocycles. The number of halogens is 1. The maximum atomic E-state index is 10.6. The number of hydrogen-bond donors (Lipinski definition) is 3. The van der Waals surface area contributed by atoms with Crippen molar-refractivity contribution in [1.82, 2.24) is 5.32 Å². The number of carbonyl (C=O) groups is 2. The molecule has 0 aliphatic heterocycles. The highest BCUT2D eigenvalue weighted by Crippen LogP contribution is 1.99. The number of amides is 2. The number of nitrogens with one attached hydrogen (secondary N) is 1. The second-order valence-corrected chi connectivity index (χ2v) is 4.28. The minimum atomic E-state index is -0.947. The molecule has 0 fully saturated rings. The maximum absolute atomic E-state index is 10.6. The van der Waals surface area contributed by atoms with Crippen LogP contribution in [0.5, 0.6) is 0 Å². The van der Waals surface area contributed by atoms with Crippen LogP contribution in [0.1, 0.15) is 6.42 Å². The number of rotatable bonds is 5. The van der Waals surface area contributed by atoms with E-state index in [2.05, 4.69) is 5.32 Å². The third-order valence-electron chi connectivity index (χ3n) is 1.54. The zero-order chi connectivity index (χ0) is 11.4. The molecule has 0 aromatic carbocycles.